The largest absolute Gasteiger partial charge is 0.394 e. The lowest BCUT2D eigenvalue weighted by molar-refractivity contribution is 0.274. The van der Waals surface area contributed by atoms with Gasteiger partial charge < -0.3 is 11.1 Å². The predicted octanol–water partition coefficient (Wildman–Crippen LogP) is 3.34. The fraction of sp³-hybridized carbons (Fsp3) is 0.692. The Morgan fingerprint density at radius 3 is 3.11 bits per heavy atom. The smallest absolute Gasteiger partial charge is 0.224 e. The zero-order valence-corrected chi connectivity index (χ0v) is 11.6. The predicted molar refractivity (Wildman–Crippen MR) is 75.7 cm³/mol. The molecule has 100 valence electrons. The number of nitrogens with two attached hydrogens (primary N) is 1. The van der Waals surface area contributed by atoms with E-state index in [0.717, 1.165) is 18.4 Å². The van der Waals surface area contributed by atoms with Crippen molar-refractivity contribution in [3.63, 3.8) is 0 Å². The zero-order chi connectivity index (χ0) is 13.0. The van der Waals surface area contributed by atoms with Gasteiger partial charge in [-0.25, -0.2) is 4.98 Å². The van der Waals surface area contributed by atoms with E-state index >= 15 is 0 Å². The highest BCUT2D eigenvalue weighted by molar-refractivity contribution is 6.28. The molecule has 1 heterocycles. The monoisotopic (exact) mass is 268 g/mol. The minimum absolute atomic E-state index is 0.234. The van der Waals surface area contributed by atoms with Gasteiger partial charge in [-0.05, 0) is 36.3 Å². The molecular weight excluding hydrogens is 248 g/mol. The lowest BCUT2D eigenvalue weighted by Crippen LogP contribution is -2.17. The summed E-state index contributed by atoms with van der Waals surface area (Å²) in [5, 5.41) is 3.49. The first kappa shape index (κ1) is 13.4. The van der Waals surface area contributed by atoms with Gasteiger partial charge in [-0.3, -0.25) is 0 Å². The van der Waals surface area contributed by atoms with Gasteiger partial charge in [0.25, 0.3) is 0 Å². The molecule has 1 saturated carbocycles. The van der Waals surface area contributed by atoms with Crippen LogP contribution < -0.4 is 11.1 Å². The first-order valence-electron chi connectivity index (χ1n) is 6.67. The molecule has 0 radical (unpaired) electrons. The highest BCUT2D eigenvalue weighted by atomic mass is 35.5. The Bertz CT molecular complexity index is 397. The van der Waals surface area contributed by atoms with Crippen LogP contribution in [0.1, 0.15) is 39.0 Å². The summed E-state index contributed by atoms with van der Waals surface area (Å²) in [5.74, 6) is 2.36. The van der Waals surface area contributed by atoms with E-state index in [2.05, 4.69) is 22.2 Å². The standard InChI is InChI=1S/C13H21ClN4/c1-9-3-2-4-10(7-9)5-6-16-12-11(15)8-17-13(14)18-12/h8-10H,2-7,15H2,1H3,(H,16,17,18). The molecule has 0 amide bonds. The van der Waals surface area contributed by atoms with Crippen LogP contribution in [0.15, 0.2) is 6.20 Å². The van der Waals surface area contributed by atoms with E-state index in [0.29, 0.717) is 11.5 Å². The highest BCUT2D eigenvalue weighted by Crippen LogP contribution is 2.30. The number of rotatable bonds is 4. The van der Waals surface area contributed by atoms with E-state index in [1.165, 1.54) is 32.1 Å². The van der Waals surface area contributed by atoms with Gasteiger partial charge in [0.15, 0.2) is 5.82 Å². The van der Waals surface area contributed by atoms with E-state index in [4.69, 9.17) is 17.3 Å². The average molecular weight is 269 g/mol. The summed E-state index contributed by atoms with van der Waals surface area (Å²) in [6.07, 6.45) is 8.17. The van der Waals surface area contributed by atoms with Crippen LogP contribution in [0.3, 0.4) is 0 Å². The number of aromatic nitrogens is 2. The number of nitrogen functional groups attached to an aromatic ring is 1. The molecule has 2 rings (SSSR count). The summed E-state index contributed by atoms with van der Waals surface area (Å²) in [6.45, 7) is 3.25. The van der Waals surface area contributed by atoms with Crippen LogP contribution in [0.2, 0.25) is 5.28 Å². The lowest BCUT2D eigenvalue weighted by Gasteiger charge is -2.26. The minimum Gasteiger partial charge on any atom is -0.394 e. The molecule has 2 atom stereocenters. The first-order chi connectivity index (χ1) is 8.65. The van der Waals surface area contributed by atoms with Crippen LogP contribution in [0, 0.1) is 11.8 Å². The van der Waals surface area contributed by atoms with Crippen molar-refractivity contribution >= 4 is 23.1 Å². The lowest BCUT2D eigenvalue weighted by atomic mass is 9.81. The third-order valence-corrected chi connectivity index (χ3v) is 3.86. The maximum absolute atomic E-state index is 5.78. The van der Waals surface area contributed by atoms with Gasteiger partial charge in [0, 0.05) is 6.54 Å². The maximum atomic E-state index is 5.78. The molecule has 0 aromatic carbocycles. The van der Waals surface area contributed by atoms with E-state index < -0.39 is 0 Å². The third kappa shape index (κ3) is 3.73. The van der Waals surface area contributed by atoms with Gasteiger partial charge in [0.1, 0.15) is 0 Å². The highest BCUT2D eigenvalue weighted by Gasteiger charge is 2.18. The van der Waals surface area contributed by atoms with Crippen molar-refractivity contribution in [2.24, 2.45) is 11.8 Å². The van der Waals surface area contributed by atoms with Crippen molar-refractivity contribution in [1.82, 2.24) is 9.97 Å². The molecule has 18 heavy (non-hydrogen) atoms. The van der Waals surface area contributed by atoms with E-state index in [1.54, 1.807) is 6.20 Å². The number of hydrogen-bond acceptors (Lipinski definition) is 4. The van der Waals surface area contributed by atoms with Crippen LogP contribution in [0.4, 0.5) is 11.5 Å². The van der Waals surface area contributed by atoms with Crippen molar-refractivity contribution in [2.45, 2.75) is 39.0 Å². The van der Waals surface area contributed by atoms with Crippen molar-refractivity contribution < 1.29 is 0 Å². The molecule has 0 aliphatic heterocycles. The van der Waals surface area contributed by atoms with E-state index in [-0.39, 0.29) is 5.28 Å². The Hall–Kier alpha value is -1.03. The Labute approximate surface area is 113 Å². The number of anilines is 2. The maximum Gasteiger partial charge on any atom is 0.224 e. The summed E-state index contributed by atoms with van der Waals surface area (Å²) in [7, 11) is 0. The summed E-state index contributed by atoms with van der Waals surface area (Å²) < 4.78 is 0. The van der Waals surface area contributed by atoms with Crippen molar-refractivity contribution in [2.75, 3.05) is 17.6 Å². The SMILES string of the molecule is CC1CCCC(CCNc2nc(Cl)ncc2N)C1. The Morgan fingerprint density at radius 2 is 2.33 bits per heavy atom. The Balaban J connectivity index is 1.79. The van der Waals surface area contributed by atoms with Crippen molar-refractivity contribution in [1.29, 1.82) is 0 Å². The van der Waals surface area contributed by atoms with Crippen LogP contribution in [0.5, 0.6) is 0 Å². The fourth-order valence-corrected chi connectivity index (χ4v) is 2.86. The van der Waals surface area contributed by atoms with Crippen LogP contribution in [-0.2, 0) is 0 Å². The number of nitrogens with one attached hydrogen (secondary N) is 1. The van der Waals surface area contributed by atoms with Crippen LogP contribution in [0.25, 0.3) is 0 Å². The molecule has 4 nitrogen and oxygen atoms in total. The Morgan fingerprint density at radius 1 is 1.50 bits per heavy atom. The quantitative estimate of drug-likeness (QED) is 0.822. The van der Waals surface area contributed by atoms with E-state index in [9.17, 15) is 0 Å². The Kier molecular flexibility index (Phi) is 4.64. The van der Waals surface area contributed by atoms with Gasteiger partial charge >= 0.3 is 0 Å². The fourth-order valence-electron chi connectivity index (χ4n) is 2.73. The van der Waals surface area contributed by atoms with Gasteiger partial charge in [0.2, 0.25) is 5.28 Å². The summed E-state index contributed by atoms with van der Waals surface area (Å²) >= 11 is 5.75. The van der Waals surface area contributed by atoms with Gasteiger partial charge in [-0.1, -0.05) is 26.2 Å². The number of halogens is 1. The normalized spacial score (nSPS) is 23.9. The minimum atomic E-state index is 0.234. The average Bonchev–Trinajstić information content (AvgIpc) is 2.34. The number of nitrogens with zero attached hydrogens (tertiary/aromatic N) is 2. The molecule has 2 unspecified atom stereocenters. The van der Waals surface area contributed by atoms with Gasteiger partial charge in [0.05, 0.1) is 11.9 Å². The van der Waals surface area contributed by atoms with Crippen molar-refractivity contribution in [3.05, 3.63) is 11.5 Å². The van der Waals surface area contributed by atoms with Gasteiger partial charge in [-0.2, -0.15) is 4.98 Å². The second-order valence-corrected chi connectivity index (χ2v) is 5.63. The molecule has 0 bridgehead atoms. The molecule has 0 spiro atoms. The van der Waals surface area contributed by atoms with Crippen molar-refractivity contribution in [3.8, 4) is 0 Å². The summed E-state index contributed by atoms with van der Waals surface area (Å²) in [6, 6.07) is 0. The molecule has 1 aliphatic rings. The third-order valence-electron chi connectivity index (χ3n) is 3.68. The molecule has 0 saturated heterocycles. The number of hydrogen-bond donors (Lipinski definition) is 2. The summed E-state index contributed by atoms with van der Waals surface area (Å²) in [5.41, 5.74) is 6.34. The topological polar surface area (TPSA) is 63.8 Å². The molecular formula is C13H21ClN4. The van der Waals surface area contributed by atoms with E-state index in [1.807, 2.05) is 0 Å². The molecule has 1 aliphatic carbocycles. The molecule has 1 aromatic heterocycles. The van der Waals surface area contributed by atoms with Crippen LogP contribution >= 0.6 is 11.6 Å². The molecule has 5 heteroatoms. The van der Waals surface area contributed by atoms with Gasteiger partial charge in [-0.15, -0.1) is 0 Å². The molecule has 1 aromatic rings. The molecule has 1 fully saturated rings. The second-order valence-electron chi connectivity index (χ2n) is 5.30. The summed E-state index contributed by atoms with van der Waals surface area (Å²) in [4.78, 5) is 7.93. The zero-order valence-electron chi connectivity index (χ0n) is 10.8. The second kappa shape index (κ2) is 6.23. The molecule has 3 N–H and O–H groups in total. The van der Waals surface area contributed by atoms with Crippen LogP contribution in [-0.4, -0.2) is 16.5 Å². The first-order valence-corrected chi connectivity index (χ1v) is 7.05.